The number of pyridine rings is 1. The summed E-state index contributed by atoms with van der Waals surface area (Å²) in [7, 11) is 0. The van der Waals surface area contributed by atoms with Crippen LogP contribution in [0.1, 0.15) is 45.3 Å². The van der Waals surface area contributed by atoms with Gasteiger partial charge in [-0.2, -0.15) is 0 Å². The van der Waals surface area contributed by atoms with E-state index in [1.807, 2.05) is 0 Å². The summed E-state index contributed by atoms with van der Waals surface area (Å²) in [6, 6.07) is 5.99. The van der Waals surface area contributed by atoms with Crippen molar-refractivity contribution < 1.29 is 19.1 Å². The van der Waals surface area contributed by atoms with E-state index in [2.05, 4.69) is 10.3 Å². The van der Waals surface area contributed by atoms with Crippen LogP contribution >= 0.6 is 0 Å². The van der Waals surface area contributed by atoms with Crippen LogP contribution in [0.4, 0.5) is 0 Å². The molecule has 0 aliphatic rings. The lowest BCUT2D eigenvalue weighted by molar-refractivity contribution is 0.0689. The first-order valence-corrected chi connectivity index (χ1v) is 6.04. The fourth-order valence-electron chi connectivity index (χ4n) is 1.78. The van der Waals surface area contributed by atoms with E-state index >= 15 is 0 Å². The van der Waals surface area contributed by atoms with Gasteiger partial charge in [0.15, 0.2) is 0 Å². The zero-order valence-corrected chi connectivity index (χ0v) is 11.1. The minimum atomic E-state index is -1.19. The van der Waals surface area contributed by atoms with Gasteiger partial charge in [0.1, 0.15) is 17.2 Å². The lowest BCUT2D eigenvalue weighted by Gasteiger charge is -2.12. The first kappa shape index (κ1) is 13.8. The van der Waals surface area contributed by atoms with Crippen molar-refractivity contribution in [3.63, 3.8) is 0 Å². The lowest BCUT2D eigenvalue weighted by atomic mass is 10.1. The quantitative estimate of drug-likeness (QED) is 0.891. The molecule has 1 unspecified atom stereocenters. The van der Waals surface area contributed by atoms with Gasteiger partial charge in [0.05, 0.1) is 11.6 Å². The number of carboxylic acid groups (broad SMARTS) is 1. The molecule has 104 valence electrons. The topological polar surface area (TPSA) is 92.4 Å². The van der Waals surface area contributed by atoms with Crippen LogP contribution in [0.5, 0.6) is 0 Å². The van der Waals surface area contributed by atoms with Crippen LogP contribution in [-0.4, -0.2) is 22.0 Å². The second-order valence-electron chi connectivity index (χ2n) is 4.35. The zero-order chi connectivity index (χ0) is 14.7. The highest BCUT2D eigenvalue weighted by atomic mass is 16.4. The fourth-order valence-corrected chi connectivity index (χ4v) is 1.78. The maximum atomic E-state index is 12.1. The Labute approximate surface area is 115 Å². The smallest absolute Gasteiger partial charge is 0.338 e. The molecule has 0 saturated carbocycles. The van der Waals surface area contributed by atoms with Crippen LogP contribution in [0.3, 0.4) is 0 Å². The van der Waals surface area contributed by atoms with Crippen molar-refractivity contribution in [2.75, 3.05) is 0 Å². The number of nitrogens with one attached hydrogen (secondary N) is 1. The SMILES string of the molecule is Cc1ccc(C(C)NC(=O)c2ncccc2C(=O)O)o1. The molecule has 20 heavy (non-hydrogen) atoms. The Balaban J connectivity index is 2.18. The van der Waals surface area contributed by atoms with Crippen molar-refractivity contribution in [3.05, 3.63) is 53.2 Å². The monoisotopic (exact) mass is 274 g/mol. The molecule has 0 radical (unpaired) electrons. The maximum absolute atomic E-state index is 12.1. The van der Waals surface area contributed by atoms with Gasteiger partial charge in [-0.05, 0) is 38.1 Å². The van der Waals surface area contributed by atoms with E-state index in [4.69, 9.17) is 9.52 Å². The molecule has 6 nitrogen and oxygen atoms in total. The number of aromatic nitrogens is 1. The molecule has 6 heteroatoms. The molecule has 1 amide bonds. The molecule has 0 aliphatic heterocycles. The van der Waals surface area contributed by atoms with Gasteiger partial charge in [0.25, 0.3) is 5.91 Å². The normalized spacial score (nSPS) is 11.9. The summed E-state index contributed by atoms with van der Waals surface area (Å²) < 4.78 is 5.41. The van der Waals surface area contributed by atoms with Crippen LogP contribution in [0.25, 0.3) is 0 Å². The molecule has 2 aromatic heterocycles. The summed E-state index contributed by atoms with van der Waals surface area (Å²) in [6.45, 7) is 3.55. The number of carbonyl (C=O) groups is 2. The number of rotatable bonds is 4. The van der Waals surface area contributed by atoms with Crippen molar-refractivity contribution in [2.45, 2.75) is 19.9 Å². The van der Waals surface area contributed by atoms with Crippen molar-refractivity contribution >= 4 is 11.9 Å². The van der Waals surface area contributed by atoms with E-state index in [1.54, 1.807) is 26.0 Å². The fraction of sp³-hybridized carbons (Fsp3) is 0.214. The highest BCUT2D eigenvalue weighted by Crippen LogP contribution is 2.16. The summed E-state index contributed by atoms with van der Waals surface area (Å²) in [4.78, 5) is 27.0. The molecule has 0 spiro atoms. The number of furan rings is 1. The number of aryl methyl sites for hydroxylation is 1. The largest absolute Gasteiger partial charge is 0.478 e. The summed E-state index contributed by atoms with van der Waals surface area (Å²) in [5.41, 5.74) is -0.247. The Morgan fingerprint density at radius 1 is 1.35 bits per heavy atom. The minimum absolute atomic E-state index is 0.116. The third-order valence-electron chi connectivity index (χ3n) is 2.79. The van der Waals surface area contributed by atoms with Crippen LogP contribution in [0, 0.1) is 6.92 Å². The van der Waals surface area contributed by atoms with Gasteiger partial charge in [-0.1, -0.05) is 0 Å². The highest BCUT2D eigenvalue weighted by Gasteiger charge is 2.20. The van der Waals surface area contributed by atoms with Crippen LogP contribution in [-0.2, 0) is 0 Å². The number of hydrogen-bond donors (Lipinski definition) is 2. The Hall–Kier alpha value is -2.63. The molecule has 1 atom stereocenters. The Morgan fingerprint density at radius 2 is 2.10 bits per heavy atom. The summed E-state index contributed by atoms with van der Waals surface area (Å²) >= 11 is 0. The van der Waals surface area contributed by atoms with Gasteiger partial charge in [0, 0.05) is 6.20 Å². The molecular formula is C14H14N2O4. The van der Waals surface area contributed by atoms with Crippen molar-refractivity contribution in [1.29, 1.82) is 0 Å². The summed E-state index contributed by atoms with van der Waals surface area (Å²) in [6.07, 6.45) is 1.38. The van der Waals surface area contributed by atoms with Crippen molar-refractivity contribution in [1.82, 2.24) is 10.3 Å². The average Bonchev–Trinajstić information content (AvgIpc) is 2.85. The minimum Gasteiger partial charge on any atom is -0.478 e. The standard InChI is InChI=1S/C14H14N2O4/c1-8-5-6-11(20-8)9(2)16-13(17)12-10(14(18)19)4-3-7-15-12/h3-7,9H,1-2H3,(H,16,17)(H,18,19). The Bertz CT molecular complexity index is 648. The summed E-state index contributed by atoms with van der Waals surface area (Å²) in [5, 5.41) is 11.7. The number of aromatic carboxylic acids is 1. The molecule has 2 N–H and O–H groups in total. The molecule has 2 heterocycles. The lowest BCUT2D eigenvalue weighted by Crippen LogP contribution is -2.28. The number of amides is 1. The average molecular weight is 274 g/mol. The van der Waals surface area contributed by atoms with Crippen molar-refractivity contribution in [2.24, 2.45) is 0 Å². The molecule has 0 aliphatic carbocycles. The number of carboxylic acids is 1. The van der Waals surface area contributed by atoms with Gasteiger partial charge in [-0.25, -0.2) is 4.79 Å². The predicted octanol–water partition coefficient (Wildman–Crippen LogP) is 2.17. The third-order valence-corrected chi connectivity index (χ3v) is 2.79. The summed E-state index contributed by atoms with van der Waals surface area (Å²) in [5.74, 6) is -0.400. The van der Waals surface area contributed by atoms with E-state index in [9.17, 15) is 9.59 Å². The van der Waals surface area contributed by atoms with Gasteiger partial charge in [0.2, 0.25) is 0 Å². The molecule has 2 rings (SSSR count). The zero-order valence-electron chi connectivity index (χ0n) is 11.1. The number of hydrogen-bond acceptors (Lipinski definition) is 4. The van der Waals surface area contributed by atoms with E-state index in [1.165, 1.54) is 18.3 Å². The second kappa shape index (κ2) is 5.56. The van der Waals surface area contributed by atoms with E-state index in [-0.39, 0.29) is 17.3 Å². The van der Waals surface area contributed by atoms with Gasteiger partial charge in [-0.15, -0.1) is 0 Å². The Morgan fingerprint density at radius 3 is 2.70 bits per heavy atom. The molecular weight excluding hydrogens is 260 g/mol. The number of nitrogens with zero attached hydrogens (tertiary/aromatic N) is 1. The van der Waals surface area contributed by atoms with Gasteiger partial charge >= 0.3 is 5.97 Å². The Kier molecular flexibility index (Phi) is 3.84. The van der Waals surface area contributed by atoms with E-state index < -0.39 is 11.9 Å². The third kappa shape index (κ3) is 2.85. The van der Waals surface area contributed by atoms with E-state index in [0.29, 0.717) is 5.76 Å². The molecule has 0 fully saturated rings. The predicted molar refractivity (Wildman–Crippen MR) is 70.5 cm³/mol. The first-order chi connectivity index (χ1) is 9.49. The molecule has 0 aromatic carbocycles. The first-order valence-electron chi connectivity index (χ1n) is 6.04. The van der Waals surface area contributed by atoms with E-state index in [0.717, 1.165) is 5.76 Å². The maximum Gasteiger partial charge on any atom is 0.338 e. The molecule has 0 bridgehead atoms. The number of carbonyl (C=O) groups excluding carboxylic acids is 1. The molecule has 2 aromatic rings. The van der Waals surface area contributed by atoms with Gasteiger partial charge < -0.3 is 14.8 Å². The highest BCUT2D eigenvalue weighted by molar-refractivity contribution is 6.03. The second-order valence-corrected chi connectivity index (χ2v) is 4.35. The van der Waals surface area contributed by atoms with Gasteiger partial charge in [-0.3, -0.25) is 9.78 Å². The van der Waals surface area contributed by atoms with Crippen molar-refractivity contribution in [3.8, 4) is 0 Å². The molecule has 0 saturated heterocycles. The van der Waals surface area contributed by atoms with Crippen LogP contribution in [0.2, 0.25) is 0 Å². The van der Waals surface area contributed by atoms with Crippen LogP contribution < -0.4 is 5.32 Å². The van der Waals surface area contributed by atoms with Crippen LogP contribution in [0.15, 0.2) is 34.9 Å².